The van der Waals surface area contributed by atoms with Crippen LogP contribution >= 0.6 is 0 Å². The van der Waals surface area contributed by atoms with E-state index >= 15 is 0 Å². The molecule has 0 bridgehead atoms. The van der Waals surface area contributed by atoms with Crippen LogP contribution in [0.1, 0.15) is 34.3 Å². The maximum Gasteiger partial charge on any atom is 0.311 e. The van der Waals surface area contributed by atoms with E-state index < -0.39 is 4.92 Å². The highest BCUT2D eigenvalue weighted by Crippen LogP contribution is 2.30. The number of anilines is 1. The van der Waals surface area contributed by atoms with Crippen LogP contribution in [0.4, 0.5) is 11.5 Å². The average Bonchev–Trinajstić information content (AvgIpc) is 2.61. The molecular weight excluding hydrogens is 318 g/mol. The molecule has 0 unspecified atom stereocenters. The normalized spacial score (nSPS) is 15.2. The number of Topliss-reactive ketones (excluding diaryl/α,β-unsaturated/α-hetero) is 1. The Bertz CT molecular complexity index is 811. The van der Waals surface area contributed by atoms with Crippen molar-refractivity contribution in [3.8, 4) is 0 Å². The van der Waals surface area contributed by atoms with Crippen molar-refractivity contribution in [1.29, 1.82) is 0 Å². The second-order valence-corrected chi connectivity index (χ2v) is 6.55. The minimum absolute atomic E-state index is 0.0154. The first kappa shape index (κ1) is 17.1. The van der Waals surface area contributed by atoms with Gasteiger partial charge < -0.3 is 4.90 Å². The minimum Gasteiger partial charge on any atom is -0.351 e. The number of carbonyl (C=O) groups is 1. The Hall–Kier alpha value is -2.76. The lowest BCUT2D eigenvalue weighted by atomic mass is 9.87. The number of piperidine rings is 1. The van der Waals surface area contributed by atoms with E-state index in [0.717, 1.165) is 16.7 Å². The van der Waals surface area contributed by atoms with Gasteiger partial charge in [-0.15, -0.1) is 0 Å². The summed E-state index contributed by atoms with van der Waals surface area (Å²) in [5, 5.41) is 11.2. The van der Waals surface area contributed by atoms with Crippen LogP contribution in [0.15, 0.2) is 36.5 Å². The smallest absolute Gasteiger partial charge is 0.311 e. The Morgan fingerprint density at radius 2 is 1.96 bits per heavy atom. The van der Waals surface area contributed by atoms with Crippen LogP contribution in [0.3, 0.4) is 0 Å². The summed E-state index contributed by atoms with van der Waals surface area (Å²) in [5.74, 6) is 0.526. The molecule has 130 valence electrons. The predicted molar refractivity (Wildman–Crippen MR) is 96.1 cm³/mol. The fourth-order valence-corrected chi connectivity index (χ4v) is 3.44. The number of nitrogens with zero attached hydrogens (tertiary/aromatic N) is 3. The van der Waals surface area contributed by atoms with Gasteiger partial charge in [-0.25, -0.2) is 4.98 Å². The van der Waals surface area contributed by atoms with Gasteiger partial charge in [-0.3, -0.25) is 14.9 Å². The van der Waals surface area contributed by atoms with Crippen molar-refractivity contribution in [2.45, 2.75) is 26.7 Å². The highest BCUT2D eigenvalue weighted by Gasteiger charge is 2.29. The van der Waals surface area contributed by atoms with E-state index in [-0.39, 0.29) is 17.4 Å². The molecule has 1 aliphatic heterocycles. The minimum atomic E-state index is -0.408. The molecule has 6 nitrogen and oxygen atoms in total. The van der Waals surface area contributed by atoms with Gasteiger partial charge in [0.2, 0.25) is 5.82 Å². The predicted octanol–water partition coefficient (Wildman–Crippen LogP) is 3.71. The number of hydrogen-bond donors (Lipinski definition) is 0. The van der Waals surface area contributed by atoms with Crippen LogP contribution in [0, 0.1) is 29.9 Å². The first-order valence-corrected chi connectivity index (χ1v) is 8.43. The summed E-state index contributed by atoms with van der Waals surface area (Å²) in [6.45, 7) is 5.17. The Kier molecular flexibility index (Phi) is 4.79. The van der Waals surface area contributed by atoms with E-state index in [1.54, 1.807) is 12.3 Å². The number of aryl methyl sites for hydroxylation is 2. The van der Waals surface area contributed by atoms with Crippen molar-refractivity contribution in [3.05, 3.63) is 63.3 Å². The Balaban J connectivity index is 1.72. The van der Waals surface area contributed by atoms with E-state index in [1.165, 1.54) is 6.07 Å². The van der Waals surface area contributed by atoms with E-state index in [1.807, 2.05) is 36.9 Å². The second kappa shape index (κ2) is 7.01. The Labute approximate surface area is 146 Å². The molecule has 0 saturated carbocycles. The molecule has 0 atom stereocenters. The maximum atomic E-state index is 12.8. The van der Waals surface area contributed by atoms with Crippen molar-refractivity contribution in [1.82, 2.24) is 4.98 Å². The van der Waals surface area contributed by atoms with Crippen LogP contribution in [-0.4, -0.2) is 28.8 Å². The lowest BCUT2D eigenvalue weighted by Gasteiger charge is -2.32. The summed E-state index contributed by atoms with van der Waals surface area (Å²) in [7, 11) is 0. The number of aromatic nitrogens is 1. The van der Waals surface area contributed by atoms with Crippen molar-refractivity contribution in [2.75, 3.05) is 18.0 Å². The van der Waals surface area contributed by atoms with Gasteiger partial charge in [0.1, 0.15) is 0 Å². The van der Waals surface area contributed by atoms with Gasteiger partial charge in [0.25, 0.3) is 0 Å². The molecule has 1 aromatic carbocycles. The molecule has 6 heteroatoms. The van der Waals surface area contributed by atoms with Crippen LogP contribution in [0.5, 0.6) is 0 Å². The van der Waals surface area contributed by atoms with Gasteiger partial charge in [-0.05, 0) is 38.3 Å². The fourth-order valence-electron chi connectivity index (χ4n) is 3.44. The second-order valence-electron chi connectivity index (χ2n) is 6.55. The molecule has 0 radical (unpaired) electrons. The zero-order valence-corrected chi connectivity index (χ0v) is 14.4. The molecule has 2 heterocycles. The average molecular weight is 339 g/mol. The third-order valence-corrected chi connectivity index (χ3v) is 4.78. The molecule has 2 aromatic rings. The van der Waals surface area contributed by atoms with Gasteiger partial charge in [-0.2, -0.15) is 0 Å². The van der Waals surface area contributed by atoms with Crippen molar-refractivity contribution >= 4 is 17.3 Å². The SMILES string of the molecule is Cc1ccc(C(=O)C2CCN(c3ncccc3[N+](=O)[O-])CC2)c(C)c1. The lowest BCUT2D eigenvalue weighted by molar-refractivity contribution is -0.384. The van der Waals surface area contributed by atoms with Crippen molar-refractivity contribution in [3.63, 3.8) is 0 Å². The molecule has 1 fully saturated rings. The molecule has 1 saturated heterocycles. The Morgan fingerprint density at radius 1 is 1.24 bits per heavy atom. The molecule has 0 aliphatic carbocycles. The van der Waals surface area contributed by atoms with Gasteiger partial charge in [-0.1, -0.05) is 23.8 Å². The summed E-state index contributed by atoms with van der Waals surface area (Å²) in [6, 6.07) is 8.93. The summed E-state index contributed by atoms with van der Waals surface area (Å²) in [4.78, 5) is 29.7. The first-order valence-electron chi connectivity index (χ1n) is 8.43. The van der Waals surface area contributed by atoms with E-state index in [9.17, 15) is 14.9 Å². The zero-order chi connectivity index (χ0) is 18.0. The largest absolute Gasteiger partial charge is 0.351 e. The van der Waals surface area contributed by atoms with Crippen LogP contribution < -0.4 is 4.90 Å². The van der Waals surface area contributed by atoms with Gasteiger partial charge in [0.15, 0.2) is 5.78 Å². The third-order valence-electron chi connectivity index (χ3n) is 4.78. The molecular formula is C19H21N3O3. The number of carbonyl (C=O) groups excluding carboxylic acids is 1. The zero-order valence-electron chi connectivity index (χ0n) is 14.4. The van der Waals surface area contributed by atoms with Gasteiger partial charge in [0, 0.05) is 36.8 Å². The monoisotopic (exact) mass is 339 g/mol. The van der Waals surface area contributed by atoms with E-state index in [0.29, 0.717) is 31.7 Å². The number of rotatable bonds is 4. The van der Waals surface area contributed by atoms with Gasteiger partial charge in [0.05, 0.1) is 4.92 Å². The highest BCUT2D eigenvalue weighted by molar-refractivity contribution is 5.99. The first-order chi connectivity index (χ1) is 12.0. The topological polar surface area (TPSA) is 76.3 Å². The third kappa shape index (κ3) is 3.52. The fraction of sp³-hybridized carbons (Fsp3) is 0.368. The van der Waals surface area contributed by atoms with Crippen molar-refractivity contribution in [2.24, 2.45) is 5.92 Å². The molecule has 0 N–H and O–H groups in total. The lowest BCUT2D eigenvalue weighted by Crippen LogP contribution is -2.37. The standard InChI is InChI=1S/C19H21N3O3/c1-13-5-6-16(14(2)12-13)18(23)15-7-10-21(11-8-15)19-17(22(24)25)4-3-9-20-19/h3-6,9,12,15H,7-8,10-11H2,1-2H3. The molecule has 1 aromatic heterocycles. The summed E-state index contributed by atoms with van der Waals surface area (Å²) in [6.07, 6.45) is 2.93. The Morgan fingerprint density at radius 3 is 2.60 bits per heavy atom. The molecule has 25 heavy (non-hydrogen) atoms. The number of nitro groups is 1. The van der Waals surface area contributed by atoms with Crippen LogP contribution in [-0.2, 0) is 0 Å². The van der Waals surface area contributed by atoms with Crippen LogP contribution in [0.2, 0.25) is 0 Å². The molecule has 0 spiro atoms. The number of ketones is 1. The molecule has 3 rings (SSSR count). The quantitative estimate of drug-likeness (QED) is 0.482. The summed E-state index contributed by atoms with van der Waals surface area (Å²) < 4.78 is 0. The van der Waals surface area contributed by atoms with E-state index in [4.69, 9.17) is 0 Å². The van der Waals surface area contributed by atoms with E-state index in [2.05, 4.69) is 4.98 Å². The van der Waals surface area contributed by atoms with Crippen LogP contribution in [0.25, 0.3) is 0 Å². The number of pyridine rings is 1. The summed E-state index contributed by atoms with van der Waals surface area (Å²) >= 11 is 0. The molecule has 0 amide bonds. The number of benzene rings is 1. The van der Waals surface area contributed by atoms with Gasteiger partial charge >= 0.3 is 5.69 Å². The summed E-state index contributed by atoms with van der Waals surface area (Å²) in [5.41, 5.74) is 2.95. The highest BCUT2D eigenvalue weighted by atomic mass is 16.6. The van der Waals surface area contributed by atoms with Crippen molar-refractivity contribution < 1.29 is 9.72 Å². The number of hydrogen-bond acceptors (Lipinski definition) is 5. The maximum absolute atomic E-state index is 12.8. The molecule has 1 aliphatic rings.